The summed E-state index contributed by atoms with van der Waals surface area (Å²) in [6, 6.07) is 8.12. The second kappa shape index (κ2) is 6.75. The average Bonchev–Trinajstić information content (AvgIpc) is 2.74. The lowest BCUT2D eigenvalue weighted by atomic mass is 10.1. The summed E-state index contributed by atoms with van der Waals surface area (Å²) in [5, 5.41) is 7.47. The maximum atomic E-state index is 12.4. The minimum absolute atomic E-state index is 0.0600. The summed E-state index contributed by atoms with van der Waals surface area (Å²) in [7, 11) is 3.97. The second-order valence-electron chi connectivity index (χ2n) is 5.85. The molecule has 0 saturated heterocycles. The Labute approximate surface area is 131 Å². The molecular formula is C17H24N4O. The van der Waals surface area contributed by atoms with Gasteiger partial charge in [-0.15, -0.1) is 0 Å². The van der Waals surface area contributed by atoms with Crippen LogP contribution in [0.3, 0.4) is 0 Å². The molecule has 0 atom stereocenters. The Morgan fingerprint density at radius 3 is 2.41 bits per heavy atom. The molecule has 0 fully saturated rings. The number of hydrogen-bond acceptors (Lipinski definition) is 3. The Kier molecular flexibility index (Phi) is 4.98. The second-order valence-corrected chi connectivity index (χ2v) is 5.85. The van der Waals surface area contributed by atoms with Crippen molar-refractivity contribution in [1.82, 2.24) is 20.0 Å². The molecule has 1 heterocycles. The summed E-state index contributed by atoms with van der Waals surface area (Å²) in [6.07, 6.45) is 0. The van der Waals surface area contributed by atoms with Crippen molar-refractivity contribution in [2.24, 2.45) is 0 Å². The minimum Gasteiger partial charge on any atom is -0.351 e. The summed E-state index contributed by atoms with van der Waals surface area (Å²) < 4.78 is 1.83. The fourth-order valence-electron chi connectivity index (χ4n) is 2.39. The van der Waals surface area contributed by atoms with E-state index in [-0.39, 0.29) is 5.91 Å². The van der Waals surface area contributed by atoms with Crippen LogP contribution in [0.15, 0.2) is 24.3 Å². The molecular weight excluding hydrogens is 276 g/mol. The molecule has 118 valence electrons. The molecule has 1 N–H and O–H groups in total. The van der Waals surface area contributed by atoms with E-state index in [1.54, 1.807) is 0 Å². The molecule has 2 aromatic rings. The van der Waals surface area contributed by atoms with Gasteiger partial charge in [-0.1, -0.05) is 17.7 Å². The molecule has 0 aliphatic carbocycles. The van der Waals surface area contributed by atoms with Gasteiger partial charge in [0.2, 0.25) is 0 Å². The molecule has 1 aromatic heterocycles. The van der Waals surface area contributed by atoms with Crippen LogP contribution in [0, 0.1) is 20.8 Å². The molecule has 1 aromatic carbocycles. The number of benzene rings is 1. The van der Waals surface area contributed by atoms with Crippen LogP contribution in [0.25, 0.3) is 5.69 Å². The number of hydrogen-bond donors (Lipinski definition) is 1. The molecule has 0 aliphatic rings. The van der Waals surface area contributed by atoms with Gasteiger partial charge in [0.1, 0.15) is 0 Å². The molecule has 5 nitrogen and oxygen atoms in total. The Hall–Kier alpha value is -2.14. The van der Waals surface area contributed by atoms with Crippen molar-refractivity contribution >= 4 is 5.91 Å². The van der Waals surface area contributed by atoms with E-state index < -0.39 is 0 Å². The van der Waals surface area contributed by atoms with Gasteiger partial charge in [-0.25, -0.2) is 4.68 Å². The molecule has 0 bridgehead atoms. The maximum Gasteiger partial charge on any atom is 0.255 e. The highest BCUT2D eigenvalue weighted by Gasteiger charge is 2.19. The zero-order valence-electron chi connectivity index (χ0n) is 14.0. The van der Waals surface area contributed by atoms with Crippen molar-refractivity contribution in [2.75, 3.05) is 27.2 Å². The van der Waals surface area contributed by atoms with Gasteiger partial charge in [-0.2, -0.15) is 5.10 Å². The number of aromatic nitrogens is 2. The number of nitrogens with one attached hydrogen (secondary N) is 1. The fourth-order valence-corrected chi connectivity index (χ4v) is 2.39. The highest BCUT2D eigenvalue weighted by atomic mass is 16.1. The Bertz CT molecular complexity index is 656. The lowest BCUT2D eigenvalue weighted by Gasteiger charge is -2.10. The third kappa shape index (κ3) is 3.54. The van der Waals surface area contributed by atoms with Crippen molar-refractivity contribution in [3.05, 3.63) is 46.8 Å². The maximum absolute atomic E-state index is 12.4. The molecule has 22 heavy (non-hydrogen) atoms. The number of amides is 1. The molecule has 0 spiro atoms. The first-order valence-electron chi connectivity index (χ1n) is 7.46. The number of carbonyl (C=O) groups excluding carboxylic acids is 1. The summed E-state index contributed by atoms with van der Waals surface area (Å²) in [6.45, 7) is 7.30. The van der Waals surface area contributed by atoms with Crippen LogP contribution in [-0.4, -0.2) is 47.8 Å². The van der Waals surface area contributed by atoms with E-state index in [9.17, 15) is 4.79 Å². The number of rotatable bonds is 5. The van der Waals surface area contributed by atoms with Crippen LogP contribution < -0.4 is 5.32 Å². The normalized spacial score (nSPS) is 11.0. The van der Waals surface area contributed by atoms with Gasteiger partial charge < -0.3 is 10.2 Å². The molecule has 2 rings (SSSR count). The van der Waals surface area contributed by atoms with Gasteiger partial charge in [-0.05, 0) is 47.0 Å². The number of carbonyl (C=O) groups is 1. The van der Waals surface area contributed by atoms with E-state index in [2.05, 4.69) is 17.3 Å². The van der Waals surface area contributed by atoms with Crippen molar-refractivity contribution in [2.45, 2.75) is 20.8 Å². The summed E-state index contributed by atoms with van der Waals surface area (Å²) in [4.78, 5) is 14.4. The van der Waals surface area contributed by atoms with E-state index in [1.807, 2.05) is 61.8 Å². The third-order valence-electron chi connectivity index (χ3n) is 3.64. The van der Waals surface area contributed by atoms with Crippen molar-refractivity contribution in [3.63, 3.8) is 0 Å². The van der Waals surface area contributed by atoms with Gasteiger partial charge in [0.05, 0.1) is 22.6 Å². The first kappa shape index (κ1) is 16.2. The summed E-state index contributed by atoms with van der Waals surface area (Å²) in [5.41, 5.74) is 4.45. The topological polar surface area (TPSA) is 50.2 Å². The predicted octanol–water partition coefficient (Wildman–Crippen LogP) is 2.09. The van der Waals surface area contributed by atoms with E-state index in [0.29, 0.717) is 12.1 Å². The van der Waals surface area contributed by atoms with E-state index in [4.69, 9.17) is 0 Å². The molecule has 5 heteroatoms. The summed E-state index contributed by atoms with van der Waals surface area (Å²) >= 11 is 0. The number of nitrogens with zero attached hydrogens (tertiary/aromatic N) is 3. The van der Waals surface area contributed by atoms with Gasteiger partial charge in [0.15, 0.2) is 0 Å². The third-order valence-corrected chi connectivity index (χ3v) is 3.64. The SMILES string of the molecule is Cc1ccc(-n2nc(C)c(C(=O)NCCN(C)C)c2C)cc1. The Morgan fingerprint density at radius 1 is 1.18 bits per heavy atom. The number of aryl methyl sites for hydroxylation is 2. The van der Waals surface area contributed by atoms with E-state index >= 15 is 0 Å². The quantitative estimate of drug-likeness (QED) is 0.920. The highest BCUT2D eigenvalue weighted by Crippen LogP contribution is 2.18. The Balaban J connectivity index is 2.23. The zero-order valence-corrected chi connectivity index (χ0v) is 14.0. The molecule has 0 radical (unpaired) electrons. The van der Waals surface area contributed by atoms with E-state index in [0.717, 1.165) is 23.6 Å². The number of likely N-dealkylation sites (N-methyl/N-ethyl adjacent to an activating group) is 1. The van der Waals surface area contributed by atoms with Crippen molar-refractivity contribution in [3.8, 4) is 5.69 Å². The van der Waals surface area contributed by atoms with Crippen LogP contribution in [0.5, 0.6) is 0 Å². The minimum atomic E-state index is -0.0600. The van der Waals surface area contributed by atoms with E-state index in [1.165, 1.54) is 5.56 Å². The van der Waals surface area contributed by atoms with Crippen LogP contribution >= 0.6 is 0 Å². The monoisotopic (exact) mass is 300 g/mol. The molecule has 0 unspecified atom stereocenters. The first-order valence-corrected chi connectivity index (χ1v) is 7.46. The van der Waals surface area contributed by atoms with Crippen molar-refractivity contribution < 1.29 is 4.79 Å². The highest BCUT2D eigenvalue weighted by molar-refractivity contribution is 5.96. The van der Waals surface area contributed by atoms with Gasteiger partial charge >= 0.3 is 0 Å². The largest absolute Gasteiger partial charge is 0.351 e. The lowest BCUT2D eigenvalue weighted by Crippen LogP contribution is -2.31. The van der Waals surface area contributed by atoms with Crippen LogP contribution in [0.4, 0.5) is 0 Å². The van der Waals surface area contributed by atoms with Crippen LogP contribution in [0.2, 0.25) is 0 Å². The molecule has 0 saturated carbocycles. The molecule has 0 aliphatic heterocycles. The molecule has 1 amide bonds. The lowest BCUT2D eigenvalue weighted by molar-refractivity contribution is 0.0950. The van der Waals surface area contributed by atoms with Gasteiger partial charge in [0, 0.05) is 13.1 Å². The average molecular weight is 300 g/mol. The Morgan fingerprint density at radius 2 is 1.82 bits per heavy atom. The van der Waals surface area contributed by atoms with Gasteiger partial charge in [0.25, 0.3) is 5.91 Å². The first-order chi connectivity index (χ1) is 10.4. The van der Waals surface area contributed by atoms with Crippen LogP contribution in [0.1, 0.15) is 27.3 Å². The van der Waals surface area contributed by atoms with Crippen LogP contribution in [-0.2, 0) is 0 Å². The fraction of sp³-hybridized carbons (Fsp3) is 0.412. The standard InChI is InChI=1S/C17H24N4O/c1-12-6-8-15(9-7-12)21-14(3)16(13(2)19-21)17(22)18-10-11-20(4)5/h6-9H,10-11H2,1-5H3,(H,18,22). The smallest absolute Gasteiger partial charge is 0.255 e. The summed E-state index contributed by atoms with van der Waals surface area (Å²) in [5.74, 6) is -0.0600. The predicted molar refractivity (Wildman–Crippen MR) is 88.7 cm³/mol. The van der Waals surface area contributed by atoms with Crippen molar-refractivity contribution in [1.29, 1.82) is 0 Å². The van der Waals surface area contributed by atoms with Gasteiger partial charge in [-0.3, -0.25) is 4.79 Å². The zero-order chi connectivity index (χ0) is 16.3.